The molecule has 0 saturated heterocycles. The standard InChI is InChI=1S/C29H32N3O12PS2/c1-15(31-28(37)17-3-5-20(33)22(35)7-17)12-43-24-9-19-10-27(47(41,42)30-14-45(39)40)46-26(19)11-25(24)44-13-16(2)32-29(38)18-4-6-21(34)23(36)8-18/h3-11,15-16,30,33-36,45H,12-14H2,1-2H3,(H,31,37)(H,32,38)(H,39,40). The van der Waals surface area contributed by atoms with Crippen LogP contribution in [0.3, 0.4) is 0 Å². The van der Waals surface area contributed by atoms with E-state index in [2.05, 4.69) is 15.4 Å². The van der Waals surface area contributed by atoms with Gasteiger partial charge in [0, 0.05) is 21.9 Å². The summed E-state index contributed by atoms with van der Waals surface area (Å²) in [5, 5.41) is 44.3. The van der Waals surface area contributed by atoms with E-state index < -0.39 is 59.7 Å². The van der Waals surface area contributed by atoms with Gasteiger partial charge in [-0.3, -0.25) is 14.2 Å². The van der Waals surface area contributed by atoms with Crippen LogP contribution in [0.1, 0.15) is 34.6 Å². The molecule has 0 saturated carbocycles. The van der Waals surface area contributed by atoms with E-state index in [0.717, 1.165) is 23.5 Å². The monoisotopic (exact) mass is 709 g/mol. The molecule has 0 aliphatic rings. The number of phenolic OH excluding ortho intramolecular Hbond substituents is 4. The van der Waals surface area contributed by atoms with Gasteiger partial charge in [-0.25, -0.2) is 13.1 Å². The topological polar surface area (TPSA) is 241 Å². The van der Waals surface area contributed by atoms with Crippen molar-refractivity contribution >= 4 is 51.3 Å². The van der Waals surface area contributed by atoms with Gasteiger partial charge in [0.2, 0.25) is 8.03 Å². The lowest BCUT2D eigenvalue weighted by Crippen LogP contribution is -2.37. The first-order chi connectivity index (χ1) is 22.1. The molecule has 3 atom stereocenters. The summed E-state index contributed by atoms with van der Waals surface area (Å²) < 4.78 is 50.8. The number of ether oxygens (including phenoxy) is 2. The number of thiophene rings is 1. The largest absolute Gasteiger partial charge is 0.504 e. The lowest BCUT2D eigenvalue weighted by molar-refractivity contribution is 0.0913. The van der Waals surface area contributed by atoms with Gasteiger partial charge in [0.15, 0.2) is 34.5 Å². The van der Waals surface area contributed by atoms with Crippen LogP contribution in [-0.2, 0) is 14.6 Å². The summed E-state index contributed by atoms with van der Waals surface area (Å²) in [6.07, 6.45) is -0.620. The minimum Gasteiger partial charge on any atom is -0.504 e. The van der Waals surface area contributed by atoms with Gasteiger partial charge < -0.3 is 45.4 Å². The van der Waals surface area contributed by atoms with E-state index in [1.165, 1.54) is 42.5 Å². The normalized spacial score (nSPS) is 13.4. The van der Waals surface area contributed by atoms with Crippen molar-refractivity contribution in [2.45, 2.75) is 30.1 Å². The van der Waals surface area contributed by atoms with Gasteiger partial charge in [-0.15, -0.1) is 11.3 Å². The highest BCUT2D eigenvalue weighted by Crippen LogP contribution is 2.38. The molecule has 252 valence electrons. The molecule has 0 aliphatic heterocycles. The SMILES string of the molecule is CC(COc1cc2cc(S(=O)(=O)NC[PH](=O)O)sc2cc1OCC(C)NC(=O)c1ccc(O)c(O)c1)NC(=O)c1ccc(O)c(O)c1. The molecule has 3 aromatic carbocycles. The molecule has 3 unspecified atom stereocenters. The second kappa shape index (κ2) is 14.9. The lowest BCUT2D eigenvalue weighted by atomic mass is 10.2. The second-order valence-corrected chi connectivity index (χ2v) is 14.6. The van der Waals surface area contributed by atoms with E-state index in [4.69, 9.17) is 14.4 Å². The molecule has 18 heteroatoms. The van der Waals surface area contributed by atoms with Crippen molar-refractivity contribution in [2.24, 2.45) is 0 Å². The quantitative estimate of drug-likeness (QED) is 0.0697. The summed E-state index contributed by atoms with van der Waals surface area (Å²) in [4.78, 5) is 34.3. The Morgan fingerprint density at radius 1 is 0.787 bits per heavy atom. The molecule has 2 amide bonds. The summed E-state index contributed by atoms with van der Waals surface area (Å²) in [6, 6.07) is 10.5. The minimum absolute atomic E-state index is 0.0722. The average molecular weight is 710 g/mol. The maximum atomic E-state index is 12.7. The summed E-state index contributed by atoms with van der Waals surface area (Å²) in [7, 11) is -7.19. The van der Waals surface area contributed by atoms with Crippen LogP contribution in [0.4, 0.5) is 0 Å². The number of rotatable bonds is 14. The summed E-state index contributed by atoms with van der Waals surface area (Å²) >= 11 is 0.889. The molecule has 0 bridgehead atoms. The number of amides is 2. The van der Waals surface area contributed by atoms with Gasteiger partial charge in [-0.05, 0) is 67.8 Å². The summed E-state index contributed by atoms with van der Waals surface area (Å²) in [5.74, 6) is -2.39. The number of carbonyl (C=O) groups excluding carboxylic acids is 2. The molecular weight excluding hydrogens is 677 g/mol. The fourth-order valence-corrected chi connectivity index (χ4v) is 7.43. The molecule has 0 spiro atoms. The highest BCUT2D eigenvalue weighted by Gasteiger charge is 2.21. The van der Waals surface area contributed by atoms with E-state index in [9.17, 15) is 43.0 Å². The van der Waals surface area contributed by atoms with Gasteiger partial charge in [-0.2, -0.15) is 0 Å². The Kier molecular flexibility index (Phi) is 11.2. The number of benzene rings is 3. The fourth-order valence-electron chi connectivity index (χ4n) is 4.07. The van der Waals surface area contributed by atoms with Crippen LogP contribution in [0.2, 0.25) is 0 Å². The first kappa shape index (κ1) is 35.3. The molecule has 0 radical (unpaired) electrons. The Morgan fingerprint density at radius 3 is 1.74 bits per heavy atom. The van der Waals surface area contributed by atoms with Crippen LogP contribution in [0, 0.1) is 0 Å². The summed E-state index contributed by atoms with van der Waals surface area (Å²) in [5.41, 5.74) is 0.201. The maximum Gasteiger partial charge on any atom is 0.251 e. The number of fused-ring (bicyclic) bond motifs is 1. The number of carbonyl (C=O) groups is 2. The third-order valence-corrected chi connectivity index (χ3v) is 10.2. The van der Waals surface area contributed by atoms with Crippen LogP contribution >= 0.6 is 19.4 Å². The Bertz CT molecular complexity index is 1820. The molecule has 0 aliphatic carbocycles. The number of hydrogen-bond acceptors (Lipinski definition) is 12. The number of sulfonamides is 1. The Morgan fingerprint density at radius 2 is 1.28 bits per heavy atom. The molecule has 4 aromatic rings. The predicted octanol–water partition coefficient (Wildman–Crippen LogP) is 2.82. The average Bonchev–Trinajstić information content (AvgIpc) is 3.44. The predicted molar refractivity (Wildman–Crippen MR) is 173 cm³/mol. The molecular formula is C29H32N3O12PS2. The maximum absolute atomic E-state index is 12.7. The first-order valence-electron chi connectivity index (χ1n) is 13.8. The Labute approximate surface area is 273 Å². The van der Waals surface area contributed by atoms with Crippen molar-refractivity contribution in [1.29, 1.82) is 0 Å². The van der Waals surface area contributed by atoms with Crippen LogP contribution < -0.4 is 24.8 Å². The second-order valence-electron chi connectivity index (χ2n) is 10.4. The van der Waals surface area contributed by atoms with Crippen molar-refractivity contribution in [2.75, 3.05) is 19.5 Å². The van der Waals surface area contributed by atoms with Crippen LogP contribution in [0.5, 0.6) is 34.5 Å². The number of aromatic hydroxyl groups is 4. The Hall–Kier alpha value is -4.54. The Balaban J connectivity index is 1.52. The first-order valence-corrected chi connectivity index (χ1v) is 17.7. The molecule has 8 N–H and O–H groups in total. The van der Waals surface area contributed by atoms with Crippen molar-refractivity contribution in [3.05, 3.63) is 65.7 Å². The van der Waals surface area contributed by atoms with Gasteiger partial charge in [-0.1, -0.05) is 0 Å². The zero-order valence-electron chi connectivity index (χ0n) is 24.9. The van der Waals surface area contributed by atoms with E-state index in [-0.39, 0.29) is 51.5 Å². The van der Waals surface area contributed by atoms with Crippen molar-refractivity contribution in [1.82, 2.24) is 15.4 Å². The van der Waals surface area contributed by atoms with Crippen LogP contribution in [-0.4, -0.2) is 77.1 Å². The minimum atomic E-state index is -4.10. The molecule has 1 heterocycles. The smallest absolute Gasteiger partial charge is 0.251 e. The van der Waals surface area contributed by atoms with Crippen LogP contribution in [0.25, 0.3) is 10.1 Å². The fraction of sp³-hybridized carbons (Fsp3) is 0.241. The molecule has 1 aromatic heterocycles. The van der Waals surface area contributed by atoms with E-state index in [1.807, 2.05) is 0 Å². The van der Waals surface area contributed by atoms with Gasteiger partial charge >= 0.3 is 0 Å². The van der Waals surface area contributed by atoms with Crippen molar-refractivity contribution < 1.29 is 57.4 Å². The molecule has 47 heavy (non-hydrogen) atoms. The van der Waals surface area contributed by atoms with Crippen LogP contribution in [0.15, 0.2) is 58.8 Å². The zero-order chi connectivity index (χ0) is 34.5. The summed E-state index contributed by atoms with van der Waals surface area (Å²) in [6.45, 7) is 3.17. The van der Waals surface area contributed by atoms with Gasteiger partial charge in [0.25, 0.3) is 21.8 Å². The highest BCUT2D eigenvalue weighted by molar-refractivity contribution is 7.92. The lowest BCUT2D eigenvalue weighted by Gasteiger charge is -2.19. The zero-order valence-corrected chi connectivity index (χ0v) is 27.5. The number of nitrogens with one attached hydrogen (secondary N) is 3. The van der Waals surface area contributed by atoms with Gasteiger partial charge in [0.1, 0.15) is 17.4 Å². The van der Waals surface area contributed by atoms with Crippen molar-refractivity contribution in [3.63, 3.8) is 0 Å². The molecule has 15 nitrogen and oxygen atoms in total. The molecule has 0 fully saturated rings. The van der Waals surface area contributed by atoms with Crippen molar-refractivity contribution in [3.8, 4) is 34.5 Å². The van der Waals surface area contributed by atoms with E-state index in [1.54, 1.807) is 13.8 Å². The van der Waals surface area contributed by atoms with E-state index >= 15 is 0 Å². The third-order valence-electron chi connectivity index (χ3n) is 6.45. The van der Waals surface area contributed by atoms with E-state index in [0.29, 0.717) is 10.1 Å². The van der Waals surface area contributed by atoms with Gasteiger partial charge in [0.05, 0.1) is 18.4 Å². The third kappa shape index (κ3) is 9.27. The molecule has 4 rings (SSSR count). The number of phenols is 4. The number of hydrogen-bond donors (Lipinski definition) is 8. The highest BCUT2D eigenvalue weighted by atomic mass is 32.2.